The molecule has 0 spiro atoms. The monoisotopic (exact) mass is 333 g/mol. The molecule has 1 aliphatic heterocycles. The number of hydrogen-bond donors (Lipinski definition) is 0. The van der Waals surface area contributed by atoms with Gasteiger partial charge in [-0.15, -0.1) is 0 Å². The van der Waals surface area contributed by atoms with Crippen LogP contribution in [0.2, 0.25) is 0 Å². The van der Waals surface area contributed by atoms with Crippen LogP contribution in [0.5, 0.6) is 0 Å². The van der Waals surface area contributed by atoms with Crippen LogP contribution in [0.1, 0.15) is 22.8 Å². The minimum atomic E-state index is -1.71. The van der Waals surface area contributed by atoms with Gasteiger partial charge in [0.05, 0.1) is 18.7 Å². The maximum atomic E-state index is 12.7. The van der Waals surface area contributed by atoms with Gasteiger partial charge < -0.3 is 9.64 Å². The predicted octanol–water partition coefficient (Wildman–Crippen LogP) is 2.35. The van der Waals surface area contributed by atoms with Crippen LogP contribution in [-0.4, -0.2) is 30.4 Å². The maximum absolute atomic E-state index is 12.7. The normalized spacial score (nSPS) is 19.8. The topological polar surface area (TPSA) is 94.2 Å². The van der Waals surface area contributed by atoms with E-state index in [-0.39, 0.29) is 6.61 Å². The molecular formula is C19H15N3O3. The molecule has 1 amide bonds. The Morgan fingerprint density at radius 1 is 1.28 bits per heavy atom. The number of nitrogens with zero attached hydrogens (tertiary/aromatic N) is 3. The fraction of sp³-hybridized carbons (Fsp3) is 0.263. The number of carbonyl (C=O) groups excluding carboxylic acids is 2. The Bertz CT molecular complexity index is 970. The highest BCUT2D eigenvalue weighted by Crippen LogP contribution is 2.45. The average Bonchev–Trinajstić information content (AvgIpc) is 2.83. The number of carbonyl (C=O) groups is 2. The molecule has 0 bridgehead atoms. The van der Waals surface area contributed by atoms with E-state index in [1.165, 1.54) is 11.9 Å². The van der Waals surface area contributed by atoms with Gasteiger partial charge in [0.1, 0.15) is 0 Å². The van der Waals surface area contributed by atoms with Gasteiger partial charge in [-0.2, -0.15) is 10.5 Å². The summed E-state index contributed by atoms with van der Waals surface area (Å²) in [5.74, 6) is -2.65. The Balaban J connectivity index is 2.31. The molecule has 25 heavy (non-hydrogen) atoms. The Labute approximate surface area is 144 Å². The molecule has 1 heterocycles. The van der Waals surface area contributed by atoms with Crippen molar-refractivity contribution < 1.29 is 14.3 Å². The number of esters is 1. The number of hydrogen-bond acceptors (Lipinski definition) is 5. The van der Waals surface area contributed by atoms with Crippen molar-refractivity contribution in [3.63, 3.8) is 0 Å². The fourth-order valence-corrected chi connectivity index (χ4v) is 3.35. The van der Waals surface area contributed by atoms with E-state index in [4.69, 9.17) is 4.74 Å². The zero-order chi connectivity index (χ0) is 18.2. The summed E-state index contributed by atoms with van der Waals surface area (Å²) < 4.78 is 4.97. The second-order valence-corrected chi connectivity index (χ2v) is 5.80. The minimum Gasteiger partial charge on any atom is -0.465 e. The zero-order valence-electron chi connectivity index (χ0n) is 13.8. The van der Waals surface area contributed by atoms with Gasteiger partial charge in [-0.1, -0.05) is 24.3 Å². The zero-order valence-corrected chi connectivity index (χ0v) is 13.8. The van der Waals surface area contributed by atoms with Crippen LogP contribution in [-0.2, 0) is 15.1 Å². The van der Waals surface area contributed by atoms with Crippen molar-refractivity contribution in [1.29, 1.82) is 10.5 Å². The van der Waals surface area contributed by atoms with E-state index in [9.17, 15) is 20.1 Å². The van der Waals surface area contributed by atoms with E-state index in [2.05, 4.69) is 6.07 Å². The van der Waals surface area contributed by atoms with Crippen molar-refractivity contribution >= 4 is 22.6 Å². The summed E-state index contributed by atoms with van der Waals surface area (Å²) in [7, 11) is 1.43. The molecule has 1 aliphatic rings. The molecule has 0 radical (unpaired) electrons. The molecule has 3 rings (SSSR count). The van der Waals surface area contributed by atoms with Crippen LogP contribution in [0.3, 0.4) is 0 Å². The van der Waals surface area contributed by atoms with Gasteiger partial charge in [0.15, 0.2) is 11.5 Å². The van der Waals surface area contributed by atoms with E-state index in [0.717, 1.165) is 10.8 Å². The third-order valence-electron chi connectivity index (χ3n) is 4.60. The Kier molecular flexibility index (Phi) is 3.90. The van der Waals surface area contributed by atoms with Crippen molar-refractivity contribution in [2.75, 3.05) is 13.7 Å². The Morgan fingerprint density at radius 3 is 2.48 bits per heavy atom. The molecule has 6 nitrogen and oxygen atoms in total. The molecule has 0 saturated heterocycles. The first kappa shape index (κ1) is 16.5. The van der Waals surface area contributed by atoms with Gasteiger partial charge >= 0.3 is 5.97 Å². The molecule has 6 heteroatoms. The SMILES string of the molecule is CCOC(=O)C(C#N)C1(C#N)c2cc3ccccc3cc2C(=O)N1C. The van der Waals surface area contributed by atoms with Gasteiger partial charge in [0.25, 0.3) is 5.91 Å². The minimum absolute atomic E-state index is 0.0841. The molecule has 124 valence electrons. The number of benzene rings is 2. The van der Waals surface area contributed by atoms with Crippen LogP contribution in [0.15, 0.2) is 36.4 Å². The quantitative estimate of drug-likeness (QED) is 0.804. The standard InChI is InChI=1S/C19H15N3O3/c1-3-25-18(24)16(10-20)19(11-21)15-9-13-7-5-4-6-12(13)8-14(15)17(23)22(19)2/h4-9,16H,3H2,1-2H3. The number of nitriles is 2. The molecule has 2 aromatic rings. The summed E-state index contributed by atoms with van der Waals surface area (Å²) in [6.45, 7) is 1.71. The molecule has 2 aromatic carbocycles. The van der Waals surface area contributed by atoms with Crippen molar-refractivity contribution in [3.8, 4) is 12.1 Å². The van der Waals surface area contributed by atoms with E-state index >= 15 is 0 Å². The molecule has 0 aromatic heterocycles. The van der Waals surface area contributed by atoms with Gasteiger partial charge in [0, 0.05) is 18.2 Å². The highest BCUT2D eigenvalue weighted by molar-refractivity contribution is 6.05. The largest absolute Gasteiger partial charge is 0.465 e. The summed E-state index contributed by atoms with van der Waals surface area (Å²) in [4.78, 5) is 26.2. The van der Waals surface area contributed by atoms with E-state index in [1.807, 2.05) is 30.3 Å². The van der Waals surface area contributed by atoms with Crippen LogP contribution in [0, 0.1) is 28.6 Å². The first-order valence-corrected chi connectivity index (χ1v) is 7.80. The lowest BCUT2D eigenvalue weighted by Gasteiger charge is -2.32. The molecule has 0 aliphatic carbocycles. The van der Waals surface area contributed by atoms with Crippen molar-refractivity contribution in [3.05, 3.63) is 47.5 Å². The lowest BCUT2D eigenvalue weighted by molar-refractivity contribution is -0.149. The van der Waals surface area contributed by atoms with Crippen LogP contribution < -0.4 is 0 Å². The first-order chi connectivity index (χ1) is 12.0. The van der Waals surface area contributed by atoms with Crippen LogP contribution in [0.4, 0.5) is 0 Å². The lowest BCUT2D eigenvalue weighted by atomic mass is 9.79. The Morgan fingerprint density at radius 2 is 1.92 bits per heavy atom. The lowest BCUT2D eigenvalue weighted by Crippen LogP contribution is -2.49. The van der Waals surface area contributed by atoms with E-state index < -0.39 is 23.3 Å². The molecule has 2 unspecified atom stereocenters. The molecular weight excluding hydrogens is 318 g/mol. The summed E-state index contributed by atoms with van der Waals surface area (Å²) >= 11 is 0. The van der Waals surface area contributed by atoms with Gasteiger partial charge in [-0.25, -0.2) is 0 Å². The number of ether oxygens (including phenoxy) is 1. The van der Waals surface area contributed by atoms with Crippen molar-refractivity contribution in [1.82, 2.24) is 4.90 Å². The third-order valence-corrected chi connectivity index (χ3v) is 4.60. The number of amides is 1. The summed E-state index contributed by atoms with van der Waals surface area (Å²) in [5, 5.41) is 21.2. The second kappa shape index (κ2) is 5.92. The molecule has 0 fully saturated rings. The average molecular weight is 333 g/mol. The third kappa shape index (κ3) is 2.15. The fourth-order valence-electron chi connectivity index (χ4n) is 3.35. The predicted molar refractivity (Wildman–Crippen MR) is 89.1 cm³/mol. The molecule has 0 N–H and O–H groups in total. The Hall–Kier alpha value is -3.38. The first-order valence-electron chi connectivity index (χ1n) is 7.80. The van der Waals surface area contributed by atoms with Crippen molar-refractivity contribution in [2.45, 2.75) is 12.5 Å². The van der Waals surface area contributed by atoms with E-state index in [1.54, 1.807) is 19.1 Å². The highest BCUT2D eigenvalue weighted by Gasteiger charge is 2.57. The van der Waals surface area contributed by atoms with Crippen molar-refractivity contribution in [2.24, 2.45) is 5.92 Å². The number of fused-ring (bicyclic) bond motifs is 2. The van der Waals surface area contributed by atoms with Gasteiger partial charge in [0.2, 0.25) is 0 Å². The second-order valence-electron chi connectivity index (χ2n) is 5.80. The van der Waals surface area contributed by atoms with Gasteiger partial charge in [-0.05, 0) is 29.8 Å². The maximum Gasteiger partial charge on any atom is 0.327 e. The summed E-state index contributed by atoms with van der Waals surface area (Å²) in [5.41, 5.74) is -1.02. The van der Waals surface area contributed by atoms with Crippen LogP contribution in [0.25, 0.3) is 10.8 Å². The van der Waals surface area contributed by atoms with Gasteiger partial charge in [-0.3, -0.25) is 9.59 Å². The van der Waals surface area contributed by atoms with Crippen LogP contribution >= 0.6 is 0 Å². The summed E-state index contributed by atoms with van der Waals surface area (Å²) in [6, 6.07) is 14.7. The molecule has 2 atom stereocenters. The summed E-state index contributed by atoms with van der Waals surface area (Å²) in [6.07, 6.45) is 0. The number of rotatable bonds is 3. The smallest absolute Gasteiger partial charge is 0.327 e. The van der Waals surface area contributed by atoms with E-state index in [0.29, 0.717) is 11.1 Å². The highest BCUT2D eigenvalue weighted by atomic mass is 16.5. The molecule has 0 saturated carbocycles.